The Morgan fingerprint density at radius 1 is 1.14 bits per heavy atom. The Hall–Kier alpha value is 1.16. The molecule has 0 spiro atoms. The average Bonchev–Trinajstić information content (AvgIpc) is 0.811. The summed E-state index contributed by atoms with van der Waals surface area (Å²) in [7, 11) is 0. The average molecular weight is 188 g/mol. The molecule has 0 aromatic rings. The Morgan fingerprint density at radius 2 is 1.14 bits per heavy atom. The van der Waals surface area contributed by atoms with Crippen LogP contribution in [0, 0.1) is 0 Å². The summed E-state index contributed by atoms with van der Waals surface area (Å²) >= 11 is 10.1. The topological polar surface area (TPSA) is 0 Å². The summed E-state index contributed by atoms with van der Waals surface area (Å²) in [6.07, 6.45) is 0. The zero-order valence-electron chi connectivity index (χ0n) is 3.15. The summed E-state index contributed by atoms with van der Waals surface area (Å²) in [6, 6.07) is 0. The van der Waals surface area contributed by atoms with Gasteiger partial charge in [0.05, 0.1) is 0 Å². The van der Waals surface area contributed by atoms with Crippen LogP contribution in [0.3, 0.4) is 0 Å². The van der Waals surface area contributed by atoms with Crippen molar-refractivity contribution in [3.05, 3.63) is 0 Å². The molecule has 4 heteroatoms. The minimum atomic E-state index is -0.222. The van der Waals surface area contributed by atoms with E-state index in [0.717, 1.165) is 0 Å². The second-order valence-corrected chi connectivity index (χ2v) is 2.05. The summed E-state index contributed by atoms with van der Waals surface area (Å²) in [4.78, 5) is -0.222. The van der Waals surface area contributed by atoms with E-state index >= 15 is 0 Å². The molecule has 0 fully saturated rings. The van der Waals surface area contributed by atoms with Gasteiger partial charge < -0.3 is 0 Å². The van der Waals surface area contributed by atoms with Gasteiger partial charge in [0, 0.05) is 0 Å². The molecule has 0 nitrogen and oxygen atoms in total. The molecule has 0 aromatic carbocycles. The molecule has 0 aliphatic carbocycles. The summed E-state index contributed by atoms with van der Waals surface area (Å²) < 4.78 is 0. The van der Waals surface area contributed by atoms with Gasteiger partial charge in [0.15, 0.2) is 0 Å². The molecule has 0 unspecified atom stereocenters. The first-order valence-electron chi connectivity index (χ1n) is 1.01. The standard InChI is InChI=1S/C2H4Cl2.CH4.2ClH/c1-2(3)4;;;/h2H,1H3;1H4;2*1H. The van der Waals surface area contributed by atoms with Crippen LogP contribution in [0.5, 0.6) is 0 Å². The monoisotopic (exact) mass is 186 g/mol. The van der Waals surface area contributed by atoms with Crippen LogP contribution in [0.25, 0.3) is 0 Å². The van der Waals surface area contributed by atoms with E-state index in [9.17, 15) is 0 Å². The van der Waals surface area contributed by atoms with E-state index in [4.69, 9.17) is 23.2 Å². The van der Waals surface area contributed by atoms with Crippen LogP contribution in [0.1, 0.15) is 14.4 Å². The van der Waals surface area contributed by atoms with Crippen molar-refractivity contribution in [3.8, 4) is 0 Å². The van der Waals surface area contributed by atoms with Crippen LogP contribution in [-0.2, 0) is 0 Å². The van der Waals surface area contributed by atoms with E-state index in [1.165, 1.54) is 0 Å². The smallest absolute Gasteiger partial charge is 0.105 e. The third-order valence-corrected chi connectivity index (χ3v) is 0. The summed E-state index contributed by atoms with van der Waals surface area (Å²) in [5, 5.41) is 0. The highest BCUT2D eigenvalue weighted by atomic mass is 35.5. The predicted molar refractivity (Wildman–Crippen MR) is 42.4 cm³/mol. The summed E-state index contributed by atoms with van der Waals surface area (Å²) in [6.45, 7) is 1.70. The lowest BCUT2D eigenvalue weighted by Gasteiger charge is -1.72. The third-order valence-electron chi connectivity index (χ3n) is 0. The quantitative estimate of drug-likeness (QED) is 0.511. The van der Waals surface area contributed by atoms with E-state index in [1.807, 2.05) is 0 Å². The van der Waals surface area contributed by atoms with Crippen molar-refractivity contribution in [3.63, 3.8) is 0 Å². The van der Waals surface area contributed by atoms with Gasteiger partial charge in [-0.1, -0.05) is 7.43 Å². The third kappa shape index (κ3) is 142. The van der Waals surface area contributed by atoms with Crippen LogP contribution in [0.4, 0.5) is 0 Å². The highest BCUT2D eigenvalue weighted by Gasteiger charge is 1.75. The first kappa shape index (κ1) is 24.2. The lowest BCUT2D eigenvalue weighted by Crippen LogP contribution is -1.63. The predicted octanol–water partition coefficient (Wildman–Crippen LogP) is 3.29. The van der Waals surface area contributed by atoms with E-state index in [0.29, 0.717) is 0 Å². The molecule has 0 saturated carbocycles. The molecule has 50 valence electrons. The van der Waals surface area contributed by atoms with Crippen LogP contribution in [-0.4, -0.2) is 4.84 Å². The fraction of sp³-hybridized carbons (Fsp3) is 1.00. The molecular weight excluding hydrogens is 178 g/mol. The Bertz CT molecular complexity index is 11.7. The fourth-order valence-electron chi connectivity index (χ4n) is 0. The molecule has 0 saturated heterocycles. The molecule has 0 heterocycles. The van der Waals surface area contributed by atoms with Gasteiger partial charge in [-0.3, -0.25) is 0 Å². The highest BCUT2D eigenvalue weighted by Crippen LogP contribution is 1.95. The van der Waals surface area contributed by atoms with Crippen molar-refractivity contribution in [2.45, 2.75) is 19.2 Å². The Morgan fingerprint density at radius 3 is 1.14 bits per heavy atom. The zero-order valence-corrected chi connectivity index (χ0v) is 6.29. The van der Waals surface area contributed by atoms with E-state index in [-0.39, 0.29) is 37.1 Å². The van der Waals surface area contributed by atoms with Gasteiger partial charge in [-0.05, 0) is 6.92 Å². The molecule has 0 bridgehead atoms. The van der Waals surface area contributed by atoms with Gasteiger partial charge in [-0.15, -0.1) is 48.0 Å². The lowest BCUT2D eigenvalue weighted by molar-refractivity contribution is 1.39. The number of halogens is 4. The summed E-state index contributed by atoms with van der Waals surface area (Å²) in [5.74, 6) is 0. The van der Waals surface area contributed by atoms with Crippen molar-refractivity contribution in [1.29, 1.82) is 0 Å². The molecular formula is C3H10Cl4. The Balaban J connectivity index is -0.0000000150. The normalized spacial score (nSPS) is 5.14. The number of alkyl halides is 2. The van der Waals surface area contributed by atoms with Crippen molar-refractivity contribution >= 4 is 48.0 Å². The summed E-state index contributed by atoms with van der Waals surface area (Å²) in [5.41, 5.74) is 0. The zero-order chi connectivity index (χ0) is 3.58. The van der Waals surface area contributed by atoms with Crippen LogP contribution < -0.4 is 0 Å². The highest BCUT2D eigenvalue weighted by molar-refractivity contribution is 6.43. The van der Waals surface area contributed by atoms with Gasteiger partial charge >= 0.3 is 0 Å². The van der Waals surface area contributed by atoms with Gasteiger partial charge in [0.1, 0.15) is 4.84 Å². The molecule has 0 N–H and O–H groups in total. The van der Waals surface area contributed by atoms with Crippen molar-refractivity contribution in [1.82, 2.24) is 0 Å². The second kappa shape index (κ2) is 15.7. The molecule has 0 radical (unpaired) electrons. The van der Waals surface area contributed by atoms with Crippen LogP contribution >= 0.6 is 48.0 Å². The first-order chi connectivity index (χ1) is 1.73. The van der Waals surface area contributed by atoms with Crippen molar-refractivity contribution in [2.24, 2.45) is 0 Å². The molecule has 0 rings (SSSR count). The fourth-order valence-corrected chi connectivity index (χ4v) is 0. The molecule has 0 aromatic heterocycles. The first-order valence-corrected chi connectivity index (χ1v) is 1.89. The van der Waals surface area contributed by atoms with Gasteiger partial charge in [0.25, 0.3) is 0 Å². The maximum atomic E-state index is 5.04. The molecule has 7 heavy (non-hydrogen) atoms. The number of hydrogen-bond acceptors (Lipinski definition) is 0. The minimum Gasteiger partial charge on any atom is -0.147 e. The maximum Gasteiger partial charge on any atom is 0.105 e. The van der Waals surface area contributed by atoms with Crippen molar-refractivity contribution in [2.75, 3.05) is 0 Å². The van der Waals surface area contributed by atoms with Crippen LogP contribution in [0.15, 0.2) is 0 Å². The molecule has 0 aliphatic heterocycles. The molecule has 0 atom stereocenters. The van der Waals surface area contributed by atoms with Gasteiger partial charge in [-0.25, -0.2) is 0 Å². The minimum absolute atomic E-state index is 0. The molecule has 0 amide bonds. The van der Waals surface area contributed by atoms with E-state index in [1.54, 1.807) is 6.92 Å². The number of hydrogen-bond donors (Lipinski definition) is 0. The van der Waals surface area contributed by atoms with Crippen LogP contribution in [0.2, 0.25) is 0 Å². The second-order valence-electron chi connectivity index (χ2n) is 0.519. The number of rotatable bonds is 0. The molecule has 0 aliphatic rings. The Labute approximate surface area is 67.4 Å². The van der Waals surface area contributed by atoms with E-state index < -0.39 is 0 Å². The van der Waals surface area contributed by atoms with Crippen molar-refractivity contribution < 1.29 is 0 Å². The maximum absolute atomic E-state index is 5.04. The van der Waals surface area contributed by atoms with Gasteiger partial charge in [-0.2, -0.15) is 0 Å². The SMILES string of the molecule is C.CC(Cl)Cl.Cl.Cl. The van der Waals surface area contributed by atoms with E-state index in [2.05, 4.69) is 0 Å². The Kier molecular flexibility index (Phi) is 54.2. The lowest BCUT2D eigenvalue weighted by atomic mass is 11.0. The van der Waals surface area contributed by atoms with Gasteiger partial charge in [0.2, 0.25) is 0 Å². The largest absolute Gasteiger partial charge is 0.147 e.